The number of pyridine rings is 2. The number of allylic oxidation sites excluding steroid dienone is 4. The van der Waals surface area contributed by atoms with Gasteiger partial charge < -0.3 is 0 Å². The van der Waals surface area contributed by atoms with Gasteiger partial charge in [-0.15, -0.1) is 0 Å². The highest BCUT2D eigenvalue weighted by Gasteiger charge is 2.18. The first-order chi connectivity index (χ1) is 23.3. The van der Waals surface area contributed by atoms with Crippen LogP contribution in [0.25, 0.3) is 78.2 Å². The van der Waals surface area contributed by atoms with E-state index in [4.69, 9.17) is 19.9 Å². The second-order valence-electron chi connectivity index (χ2n) is 11.8. The fourth-order valence-corrected chi connectivity index (χ4v) is 6.53. The van der Waals surface area contributed by atoms with E-state index in [1.165, 1.54) is 5.56 Å². The lowest BCUT2D eigenvalue weighted by molar-refractivity contribution is 1.03. The van der Waals surface area contributed by atoms with Crippen LogP contribution in [-0.2, 0) is 0 Å². The Balaban J connectivity index is 1.23. The van der Waals surface area contributed by atoms with Crippen molar-refractivity contribution in [3.63, 3.8) is 0 Å². The summed E-state index contributed by atoms with van der Waals surface area (Å²) in [6, 6.07) is 43.9. The average molecular weight is 604 g/mol. The zero-order valence-electron chi connectivity index (χ0n) is 25.6. The van der Waals surface area contributed by atoms with Crippen molar-refractivity contribution in [3.8, 4) is 45.0 Å². The molecule has 8 aromatic rings. The highest BCUT2D eigenvalue weighted by atomic mass is 15.0. The van der Waals surface area contributed by atoms with E-state index in [9.17, 15) is 0 Å². The van der Waals surface area contributed by atoms with Crippen molar-refractivity contribution in [1.82, 2.24) is 24.3 Å². The molecule has 0 radical (unpaired) electrons. The average Bonchev–Trinajstić information content (AvgIpc) is 3.55. The van der Waals surface area contributed by atoms with Crippen molar-refractivity contribution in [2.75, 3.05) is 0 Å². The molecule has 0 fully saturated rings. The maximum Gasteiger partial charge on any atom is 0.160 e. The molecule has 222 valence electrons. The van der Waals surface area contributed by atoms with Gasteiger partial charge in [0, 0.05) is 28.3 Å². The van der Waals surface area contributed by atoms with Gasteiger partial charge in [-0.05, 0) is 65.9 Å². The van der Waals surface area contributed by atoms with E-state index < -0.39 is 0 Å². The molecule has 0 atom stereocenters. The number of para-hydroxylation sites is 1. The molecule has 4 aromatic heterocycles. The predicted molar refractivity (Wildman–Crippen MR) is 192 cm³/mol. The standard InChI is InChI=1S/C42H29N5/c1-3-13-28(14-4-1)30-17-11-18-31(25-30)37-27-36(29-15-5-2-6-16-29)44-42(45-37)33-20-12-19-32(26-33)39-41-40(34-21-7-8-22-35(34)43-39)46-38-23-9-10-24-47(38)41/h1,3-5,7-27H,2,6H2. The van der Waals surface area contributed by atoms with Crippen molar-refractivity contribution in [3.05, 3.63) is 158 Å². The molecular weight excluding hydrogens is 574 g/mol. The van der Waals surface area contributed by atoms with Crippen LogP contribution in [0.2, 0.25) is 0 Å². The van der Waals surface area contributed by atoms with Crippen LogP contribution in [0.4, 0.5) is 0 Å². The van der Waals surface area contributed by atoms with Crippen molar-refractivity contribution in [1.29, 1.82) is 0 Å². The summed E-state index contributed by atoms with van der Waals surface area (Å²) >= 11 is 0. The molecule has 4 aromatic carbocycles. The Bertz CT molecular complexity index is 2520. The Morgan fingerprint density at radius 1 is 0.532 bits per heavy atom. The van der Waals surface area contributed by atoms with Gasteiger partial charge in [-0.2, -0.15) is 0 Å². The first kappa shape index (κ1) is 27.1. The van der Waals surface area contributed by atoms with Gasteiger partial charge in [0.05, 0.1) is 28.1 Å². The lowest BCUT2D eigenvalue weighted by Gasteiger charge is -2.13. The minimum Gasteiger partial charge on any atom is -0.298 e. The second-order valence-corrected chi connectivity index (χ2v) is 11.8. The zero-order valence-corrected chi connectivity index (χ0v) is 25.6. The fourth-order valence-electron chi connectivity index (χ4n) is 6.53. The number of hydrogen-bond acceptors (Lipinski definition) is 4. The Morgan fingerprint density at radius 2 is 1.28 bits per heavy atom. The molecule has 0 bridgehead atoms. The van der Waals surface area contributed by atoms with Gasteiger partial charge in [-0.3, -0.25) is 4.40 Å². The molecule has 47 heavy (non-hydrogen) atoms. The fraction of sp³-hybridized carbons (Fsp3) is 0.0476. The van der Waals surface area contributed by atoms with Gasteiger partial charge in [-0.1, -0.05) is 109 Å². The zero-order chi connectivity index (χ0) is 31.2. The largest absolute Gasteiger partial charge is 0.298 e. The van der Waals surface area contributed by atoms with Crippen LogP contribution >= 0.6 is 0 Å². The van der Waals surface area contributed by atoms with E-state index in [0.717, 1.165) is 85.3 Å². The van der Waals surface area contributed by atoms with E-state index in [1.807, 2.05) is 36.4 Å². The molecule has 5 heteroatoms. The summed E-state index contributed by atoms with van der Waals surface area (Å²) in [7, 11) is 0. The monoisotopic (exact) mass is 603 g/mol. The minimum absolute atomic E-state index is 0.680. The third-order valence-corrected chi connectivity index (χ3v) is 8.82. The van der Waals surface area contributed by atoms with Crippen LogP contribution in [0.1, 0.15) is 18.5 Å². The van der Waals surface area contributed by atoms with Gasteiger partial charge in [0.2, 0.25) is 0 Å². The van der Waals surface area contributed by atoms with Crippen molar-refractivity contribution >= 4 is 33.2 Å². The number of benzene rings is 4. The summed E-state index contributed by atoms with van der Waals surface area (Å²) in [6.45, 7) is 0. The summed E-state index contributed by atoms with van der Waals surface area (Å²) in [5, 5.41) is 1.04. The van der Waals surface area contributed by atoms with Crippen LogP contribution < -0.4 is 0 Å². The van der Waals surface area contributed by atoms with E-state index in [-0.39, 0.29) is 0 Å². The van der Waals surface area contributed by atoms with Crippen LogP contribution in [-0.4, -0.2) is 24.3 Å². The summed E-state index contributed by atoms with van der Waals surface area (Å²) in [6.07, 6.45) is 10.8. The quantitative estimate of drug-likeness (QED) is 0.196. The van der Waals surface area contributed by atoms with Gasteiger partial charge in [-0.25, -0.2) is 19.9 Å². The molecule has 0 unspecified atom stereocenters. The smallest absolute Gasteiger partial charge is 0.160 e. The minimum atomic E-state index is 0.680. The predicted octanol–water partition coefficient (Wildman–Crippen LogP) is 10.2. The third kappa shape index (κ3) is 4.89. The SMILES string of the molecule is C1=CC(c2cc(-c3cccc(-c4ccccc4)c3)nc(-c3cccc(-c4nc5ccccc5c5nc6ccccn6c45)c3)n2)=CCC1. The topological polar surface area (TPSA) is 56.0 Å². The van der Waals surface area contributed by atoms with Gasteiger partial charge in [0.1, 0.15) is 11.2 Å². The molecule has 9 rings (SSSR count). The maximum absolute atomic E-state index is 5.21. The Kier molecular flexibility index (Phi) is 6.53. The van der Waals surface area contributed by atoms with Gasteiger partial charge in [0.25, 0.3) is 0 Å². The lowest BCUT2D eigenvalue weighted by atomic mass is 9.99. The molecular formula is C42H29N5. The molecule has 0 saturated heterocycles. The van der Waals surface area contributed by atoms with Crippen molar-refractivity contribution < 1.29 is 0 Å². The second kappa shape index (κ2) is 11.3. The maximum atomic E-state index is 5.21. The lowest BCUT2D eigenvalue weighted by Crippen LogP contribution is -1.99. The highest BCUT2D eigenvalue weighted by Crippen LogP contribution is 2.35. The molecule has 0 N–H and O–H groups in total. The van der Waals surface area contributed by atoms with Crippen molar-refractivity contribution in [2.24, 2.45) is 0 Å². The summed E-state index contributed by atoms with van der Waals surface area (Å²) in [4.78, 5) is 20.6. The first-order valence-corrected chi connectivity index (χ1v) is 16.0. The molecule has 0 spiro atoms. The van der Waals surface area contributed by atoms with Crippen LogP contribution in [0.15, 0.2) is 152 Å². The van der Waals surface area contributed by atoms with Crippen molar-refractivity contribution in [2.45, 2.75) is 12.8 Å². The summed E-state index contributed by atoms with van der Waals surface area (Å²) < 4.78 is 2.13. The number of aromatic nitrogens is 5. The molecule has 0 saturated carbocycles. The molecule has 0 aliphatic heterocycles. The molecule has 5 nitrogen and oxygen atoms in total. The van der Waals surface area contributed by atoms with Crippen LogP contribution in [0.5, 0.6) is 0 Å². The molecule has 0 amide bonds. The van der Waals surface area contributed by atoms with Gasteiger partial charge in [0.15, 0.2) is 5.82 Å². The normalized spacial score (nSPS) is 13.0. The summed E-state index contributed by atoms with van der Waals surface area (Å²) in [5.74, 6) is 0.680. The van der Waals surface area contributed by atoms with E-state index in [1.54, 1.807) is 0 Å². The summed E-state index contributed by atoms with van der Waals surface area (Å²) in [5.41, 5.74) is 12.9. The van der Waals surface area contributed by atoms with Crippen LogP contribution in [0.3, 0.4) is 0 Å². The van der Waals surface area contributed by atoms with Crippen LogP contribution in [0, 0.1) is 0 Å². The molecule has 1 aliphatic rings. The van der Waals surface area contributed by atoms with E-state index in [0.29, 0.717) is 5.82 Å². The third-order valence-electron chi connectivity index (χ3n) is 8.82. The van der Waals surface area contributed by atoms with Gasteiger partial charge >= 0.3 is 0 Å². The Hall–Kier alpha value is -6.20. The number of nitrogens with zero attached hydrogens (tertiary/aromatic N) is 5. The number of rotatable bonds is 5. The molecule has 1 aliphatic carbocycles. The van der Waals surface area contributed by atoms with E-state index in [2.05, 4.69) is 120 Å². The molecule has 4 heterocycles. The first-order valence-electron chi connectivity index (χ1n) is 16.0. The van der Waals surface area contributed by atoms with E-state index >= 15 is 0 Å². The number of hydrogen-bond donors (Lipinski definition) is 0. The Morgan fingerprint density at radius 3 is 2.17 bits per heavy atom. The number of imidazole rings is 1. The highest BCUT2D eigenvalue weighted by molar-refractivity contribution is 6.09. The Labute approximate surface area is 272 Å². The number of fused-ring (bicyclic) bond motifs is 5.